The Morgan fingerprint density at radius 2 is 2.29 bits per heavy atom. The lowest BCUT2D eigenvalue weighted by molar-refractivity contribution is 0.366. The molecule has 1 aliphatic heterocycles. The first-order valence-electron chi connectivity index (χ1n) is 8.02. The first-order valence-corrected chi connectivity index (χ1v) is 8.02. The lowest BCUT2D eigenvalue weighted by Crippen LogP contribution is -2.22. The van der Waals surface area contributed by atoms with Gasteiger partial charge in [0.15, 0.2) is 0 Å². The van der Waals surface area contributed by atoms with Gasteiger partial charge < -0.3 is 0 Å². The summed E-state index contributed by atoms with van der Waals surface area (Å²) in [6, 6.07) is 9.11. The quantitative estimate of drug-likeness (QED) is 0.682. The zero-order valence-corrected chi connectivity index (χ0v) is 13.4. The van der Waals surface area contributed by atoms with Gasteiger partial charge in [0.2, 0.25) is 0 Å². The Labute approximate surface area is 129 Å². The van der Waals surface area contributed by atoms with Crippen molar-refractivity contribution in [1.82, 2.24) is 4.90 Å². The Kier molecular flexibility index (Phi) is 6.01. The standard InChI is InChI=1S/C20H27N/c1-4-7-9-18(6-3)15-21-13-12-20(16-21)19-11-8-10-17(5-2)14-19/h4,6-11,14,20H,3,5,12-13,15-16H2,1-2H3/b7-4-,18-9+. The maximum Gasteiger partial charge on any atom is 0.0233 e. The molecule has 1 saturated heterocycles. The lowest BCUT2D eigenvalue weighted by Gasteiger charge is -2.17. The van der Waals surface area contributed by atoms with Gasteiger partial charge in [-0.2, -0.15) is 0 Å². The van der Waals surface area contributed by atoms with Crippen LogP contribution in [0.5, 0.6) is 0 Å². The maximum atomic E-state index is 3.93. The number of rotatable bonds is 6. The predicted octanol–water partition coefficient (Wildman–Crippen LogP) is 4.73. The highest BCUT2D eigenvalue weighted by Gasteiger charge is 2.23. The molecule has 1 nitrogen and oxygen atoms in total. The van der Waals surface area contributed by atoms with E-state index in [-0.39, 0.29) is 0 Å². The van der Waals surface area contributed by atoms with Gasteiger partial charge in [0.05, 0.1) is 0 Å². The molecule has 1 heterocycles. The van der Waals surface area contributed by atoms with E-state index < -0.39 is 0 Å². The van der Waals surface area contributed by atoms with E-state index in [9.17, 15) is 0 Å². The minimum Gasteiger partial charge on any atom is -0.298 e. The van der Waals surface area contributed by atoms with Gasteiger partial charge in [-0.15, -0.1) is 0 Å². The third-order valence-electron chi connectivity index (χ3n) is 4.27. The molecular weight excluding hydrogens is 254 g/mol. The highest BCUT2D eigenvalue weighted by molar-refractivity contribution is 5.28. The van der Waals surface area contributed by atoms with Crippen LogP contribution in [0.15, 0.2) is 60.7 Å². The summed E-state index contributed by atoms with van der Waals surface area (Å²) in [6.07, 6.45) is 10.7. The SMILES string of the molecule is C=C/C(=C\C=C/C)CN1CCC(c2cccc(CC)c2)C1. The van der Waals surface area contributed by atoms with Gasteiger partial charge in [-0.25, -0.2) is 0 Å². The monoisotopic (exact) mass is 281 g/mol. The molecule has 0 N–H and O–H groups in total. The van der Waals surface area contributed by atoms with E-state index >= 15 is 0 Å². The number of hydrogen-bond donors (Lipinski definition) is 0. The number of likely N-dealkylation sites (tertiary alicyclic amines) is 1. The molecule has 0 saturated carbocycles. The summed E-state index contributed by atoms with van der Waals surface area (Å²) in [6.45, 7) is 11.6. The number of allylic oxidation sites excluding steroid dienone is 3. The average molecular weight is 281 g/mol. The van der Waals surface area contributed by atoms with Crippen LogP contribution in [0.4, 0.5) is 0 Å². The molecule has 1 aliphatic rings. The van der Waals surface area contributed by atoms with Crippen molar-refractivity contribution in [2.24, 2.45) is 0 Å². The van der Waals surface area contributed by atoms with Crippen LogP contribution in [0, 0.1) is 0 Å². The minimum atomic E-state index is 0.685. The van der Waals surface area contributed by atoms with Crippen LogP contribution in [0.2, 0.25) is 0 Å². The molecule has 0 spiro atoms. The molecule has 1 heteroatoms. The molecule has 112 valence electrons. The van der Waals surface area contributed by atoms with Crippen molar-refractivity contribution >= 4 is 0 Å². The van der Waals surface area contributed by atoms with E-state index in [1.807, 2.05) is 13.0 Å². The number of nitrogens with zero attached hydrogens (tertiary/aromatic N) is 1. The Morgan fingerprint density at radius 3 is 3.00 bits per heavy atom. The topological polar surface area (TPSA) is 3.24 Å². The first-order chi connectivity index (χ1) is 10.3. The van der Waals surface area contributed by atoms with Crippen LogP contribution in [0.3, 0.4) is 0 Å². The lowest BCUT2D eigenvalue weighted by atomic mass is 9.96. The summed E-state index contributed by atoms with van der Waals surface area (Å²) >= 11 is 0. The Morgan fingerprint density at radius 1 is 1.43 bits per heavy atom. The summed E-state index contributed by atoms with van der Waals surface area (Å²) in [5, 5.41) is 0. The maximum absolute atomic E-state index is 3.93. The summed E-state index contributed by atoms with van der Waals surface area (Å²) in [4.78, 5) is 2.54. The molecule has 1 unspecified atom stereocenters. The van der Waals surface area contributed by atoms with Crippen molar-refractivity contribution in [3.63, 3.8) is 0 Å². The summed E-state index contributed by atoms with van der Waals surface area (Å²) in [7, 11) is 0. The number of benzene rings is 1. The van der Waals surface area contributed by atoms with E-state index in [0.29, 0.717) is 5.92 Å². The van der Waals surface area contributed by atoms with Crippen LogP contribution >= 0.6 is 0 Å². The van der Waals surface area contributed by atoms with Gasteiger partial charge in [0.1, 0.15) is 0 Å². The molecule has 1 fully saturated rings. The largest absolute Gasteiger partial charge is 0.298 e. The third kappa shape index (κ3) is 4.44. The van der Waals surface area contributed by atoms with E-state index in [0.717, 1.165) is 19.5 Å². The van der Waals surface area contributed by atoms with Gasteiger partial charge in [-0.3, -0.25) is 4.90 Å². The molecule has 2 rings (SSSR count). The molecule has 0 aliphatic carbocycles. The second kappa shape index (κ2) is 7.99. The van der Waals surface area contributed by atoms with E-state index in [1.165, 1.54) is 29.7 Å². The zero-order valence-electron chi connectivity index (χ0n) is 13.4. The van der Waals surface area contributed by atoms with Gasteiger partial charge in [0.25, 0.3) is 0 Å². The molecule has 21 heavy (non-hydrogen) atoms. The van der Waals surface area contributed by atoms with E-state index in [2.05, 4.69) is 60.9 Å². The van der Waals surface area contributed by atoms with Crippen molar-refractivity contribution in [2.45, 2.75) is 32.6 Å². The van der Waals surface area contributed by atoms with E-state index in [4.69, 9.17) is 0 Å². The predicted molar refractivity (Wildman–Crippen MR) is 92.7 cm³/mol. The zero-order chi connectivity index (χ0) is 15.1. The van der Waals surface area contributed by atoms with Crippen LogP contribution in [0.25, 0.3) is 0 Å². The number of hydrogen-bond acceptors (Lipinski definition) is 1. The fraction of sp³-hybridized carbons (Fsp3) is 0.400. The minimum absolute atomic E-state index is 0.685. The molecule has 0 aromatic heterocycles. The Hall–Kier alpha value is -1.60. The summed E-state index contributed by atoms with van der Waals surface area (Å²) < 4.78 is 0. The van der Waals surface area contributed by atoms with Crippen LogP contribution in [-0.2, 0) is 6.42 Å². The van der Waals surface area contributed by atoms with Crippen molar-refractivity contribution in [3.8, 4) is 0 Å². The summed E-state index contributed by atoms with van der Waals surface area (Å²) in [5.41, 5.74) is 4.26. The molecule has 0 bridgehead atoms. The molecule has 1 atom stereocenters. The van der Waals surface area contributed by atoms with Gasteiger partial charge in [-0.05, 0) is 48.9 Å². The molecule has 1 aromatic rings. The Bertz CT molecular complexity index is 524. The fourth-order valence-corrected chi connectivity index (χ4v) is 2.98. The fourth-order valence-electron chi connectivity index (χ4n) is 2.98. The smallest absolute Gasteiger partial charge is 0.0233 e. The highest BCUT2D eigenvalue weighted by atomic mass is 15.1. The van der Waals surface area contributed by atoms with Gasteiger partial charge in [-0.1, -0.05) is 62.1 Å². The van der Waals surface area contributed by atoms with Gasteiger partial charge in [0, 0.05) is 13.1 Å². The molecule has 1 aromatic carbocycles. The van der Waals surface area contributed by atoms with Crippen LogP contribution in [-0.4, -0.2) is 24.5 Å². The van der Waals surface area contributed by atoms with Crippen LogP contribution < -0.4 is 0 Å². The highest BCUT2D eigenvalue weighted by Crippen LogP contribution is 2.28. The number of aryl methyl sites for hydroxylation is 1. The summed E-state index contributed by atoms with van der Waals surface area (Å²) in [5.74, 6) is 0.685. The van der Waals surface area contributed by atoms with Crippen molar-refractivity contribution in [3.05, 3.63) is 71.8 Å². The van der Waals surface area contributed by atoms with E-state index in [1.54, 1.807) is 0 Å². The van der Waals surface area contributed by atoms with Crippen LogP contribution in [0.1, 0.15) is 37.3 Å². The Balaban J connectivity index is 1.98. The van der Waals surface area contributed by atoms with Crippen molar-refractivity contribution in [2.75, 3.05) is 19.6 Å². The molecule has 0 amide bonds. The third-order valence-corrected chi connectivity index (χ3v) is 4.27. The van der Waals surface area contributed by atoms with Crippen molar-refractivity contribution < 1.29 is 0 Å². The average Bonchev–Trinajstić information content (AvgIpc) is 3.00. The molecular formula is C20H27N. The van der Waals surface area contributed by atoms with Gasteiger partial charge >= 0.3 is 0 Å². The normalized spacial score (nSPS) is 20.3. The second-order valence-corrected chi connectivity index (χ2v) is 5.79. The van der Waals surface area contributed by atoms with Crippen molar-refractivity contribution in [1.29, 1.82) is 0 Å². The molecule has 0 radical (unpaired) electrons. The first kappa shape index (κ1) is 15.8. The second-order valence-electron chi connectivity index (χ2n) is 5.79.